The molecule has 1 aromatic carbocycles. The molecule has 2 heterocycles. The summed E-state index contributed by atoms with van der Waals surface area (Å²) < 4.78 is 0.987. The summed E-state index contributed by atoms with van der Waals surface area (Å²) in [6.07, 6.45) is 1.54. The number of nitrogens with one attached hydrogen (secondary N) is 1. The summed E-state index contributed by atoms with van der Waals surface area (Å²) in [7, 11) is 0. The van der Waals surface area contributed by atoms with Crippen LogP contribution in [-0.2, 0) is 0 Å². The smallest absolute Gasteiger partial charge is 0.270 e. The highest BCUT2D eigenvalue weighted by atomic mass is 79.9. The first-order valence-corrected chi connectivity index (χ1v) is 7.44. The predicted octanol–water partition coefficient (Wildman–Crippen LogP) is 3.31. The fourth-order valence-corrected chi connectivity index (χ4v) is 2.96. The second kappa shape index (κ2) is 5.29. The van der Waals surface area contributed by atoms with E-state index in [1.54, 1.807) is 0 Å². The normalized spacial score (nSPS) is 16.3. The van der Waals surface area contributed by atoms with Crippen molar-refractivity contribution in [1.82, 2.24) is 9.88 Å². The second-order valence-electron chi connectivity index (χ2n) is 5.11. The summed E-state index contributed by atoms with van der Waals surface area (Å²) >= 11 is 3.42. The van der Waals surface area contributed by atoms with E-state index in [0.29, 0.717) is 18.8 Å². The van der Waals surface area contributed by atoms with E-state index in [4.69, 9.17) is 5.26 Å². The zero-order valence-corrected chi connectivity index (χ0v) is 12.5. The number of nitrogens with zero attached hydrogens (tertiary/aromatic N) is 2. The molecule has 0 atom stereocenters. The van der Waals surface area contributed by atoms with Gasteiger partial charge >= 0.3 is 0 Å². The van der Waals surface area contributed by atoms with Gasteiger partial charge in [-0.3, -0.25) is 4.79 Å². The number of aromatic nitrogens is 1. The van der Waals surface area contributed by atoms with Crippen LogP contribution in [0.25, 0.3) is 10.9 Å². The molecule has 5 heteroatoms. The van der Waals surface area contributed by atoms with Crippen LogP contribution in [0.3, 0.4) is 0 Å². The minimum atomic E-state index is 0.0220. The van der Waals surface area contributed by atoms with Gasteiger partial charge in [-0.1, -0.05) is 22.0 Å². The summed E-state index contributed by atoms with van der Waals surface area (Å²) in [6.45, 7) is 1.33. The molecule has 0 bridgehead atoms. The highest BCUT2D eigenvalue weighted by molar-refractivity contribution is 9.10. The van der Waals surface area contributed by atoms with Crippen molar-refractivity contribution in [3.8, 4) is 6.07 Å². The fraction of sp³-hybridized carbons (Fsp3) is 0.333. The number of amides is 1. The van der Waals surface area contributed by atoms with Gasteiger partial charge in [0.2, 0.25) is 0 Å². The molecule has 3 rings (SSSR count). The van der Waals surface area contributed by atoms with Crippen molar-refractivity contribution < 1.29 is 4.79 Å². The molecule has 1 aromatic heterocycles. The quantitative estimate of drug-likeness (QED) is 0.871. The van der Waals surface area contributed by atoms with Gasteiger partial charge in [-0.05, 0) is 31.0 Å². The molecule has 1 aliphatic rings. The van der Waals surface area contributed by atoms with E-state index in [1.165, 1.54) is 0 Å². The zero-order valence-electron chi connectivity index (χ0n) is 10.9. The lowest BCUT2D eigenvalue weighted by molar-refractivity contribution is 0.0702. The maximum absolute atomic E-state index is 12.4. The van der Waals surface area contributed by atoms with Crippen molar-refractivity contribution in [3.63, 3.8) is 0 Å². The van der Waals surface area contributed by atoms with E-state index >= 15 is 0 Å². The topological polar surface area (TPSA) is 59.9 Å². The number of nitriles is 1. The van der Waals surface area contributed by atoms with Crippen LogP contribution in [0, 0.1) is 17.2 Å². The van der Waals surface area contributed by atoms with Gasteiger partial charge in [-0.15, -0.1) is 0 Å². The number of hydrogen-bond acceptors (Lipinski definition) is 2. The molecule has 1 N–H and O–H groups in total. The number of fused-ring (bicyclic) bond motifs is 1. The van der Waals surface area contributed by atoms with E-state index in [0.717, 1.165) is 28.2 Å². The molecular weight excluding hydrogens is 318 g/mol. The van der Waals surface area contributed by atoms with Gasteiger partial charge in [0.1, 0.15) is 5.69 Å². The molecule has 1 saturated heterocycles. The standard InChI is InChI=1S/C15H14BrN3O/c16-12-2-1-11-7-14(18-13(11)8-12)15(20)19-5-3-10(9-17)4-6-19/h1-2,7-8,10,18H,3-6H2. The summed E-state index contributed by atoms with van der Waals surface area (Å²) in [6, 6.07) is 10.1. The molecule has 0 aliphatic carbocycles. The monoisotopic (exact) mass is 331 g/mol. The van der Waals surface area contributed by atoms with Crippen LogP contribution < -0.4 is 0 Å². The van der Waals surface area contributed by atoms with Gasteiger partial charge in [-0.25, -0.2) is 0 Å². The average molecular weight is 332 g/mol. The first-order chi connectivity index (χ1) is 9.67. The van der Waals surface area contributed by atoms with Crippen molar-refractivity contribution in [2.75, 3.05) is 13.1 Å². The average Bonchev–Trinajstić information content (AvgIpc) is 2.89. The Balaban J connectivity index is 1.81. The molecule has 0 unspecified atom stereocenters. The van der Waals surface area contributed by atoms with Gasteiger partial charge in [-0.2, -0.15) is 5.26 Å². The molecule has 1 aliphatic heterocycles. The number of piperidine rings is 1. The molecule has 102 valence electrons. The van der Waals surface area contributed by atoms with Gasteiger partial charge in [0.05, 0.1) is 6.07 Å². The lowest BCUT2D eigenvalue weighted by Gasteiger charge is -2.28. The van der Waals surface area contributed by atoms with Crippen LogP contribution in [0.15, 0.2) is 28.7 Å². The molecule has 0 spiro atoms. The molecule has 0 radical (unpaired) electrons. The highest BCUT2D eigenvalue weighted by Crippen LogP contribution is 2.23. The van der Waals surface area contributed by atoms with Crippen LogP contribution in [0.5, 0.6) is 0 Å². The van der Waals surface area contributed by atoms with Gasteiger partial charge < -0.3 is 9.88 Å². The Labute approximate surface area is 125 Å². The first kappa shape index (κ1) is 13.2. The molecule has 4 nitrogen and oxygen atoms in total. The summed E-state index contributed by atoms with van der Waals surface area (Å²) in [4.78, 5) is 17.4. The van der Waals surface area contributed by atoms with Crippen LogP contribution in [0.4, 0.5) is 0 Å². The van der Waals surface area contributed by atoms with Crippen LogP contribution in [-0.4, -0.2) is 28.9 Å². The Kier molecular flexibility index (Phi) is 3.49. The third kappa shape index (κ3) is 2.44. The highest BCUT2D eigenvalue weighted by Gasteiger charge is 2.24. The van der Waals surface area contributed by atoms with E-state index in [-0.39, 0.29) is 11.8 Å². The van der Waals surface area contributed by atoms with Crippen LogP contribution in [0.2, 0.25) is 0 Å². The summed E-state index contributed by atoms with van der Waals surface area (Å²) in [5.74, 6) is 0.117. The number of likely N-dealkylation sites (tertiary alicyclic amines) is 1. The van der Waals surface area contributed by atoms with Gasteiger partial charge in [0.25, 0.3) is 5.91 Å². The Bertz CT molecular complexity index is 693. The van der Waals surface area contributed by atoms with Gasteiger partial charge in [0.15, 0.2) is 0 Å². The Morgan fingerprint density at radius 1 is 1.35 bits per heavy atom. The minimum Gasteiger partial charge on any atom is -0.350 e. The zero-order chi connectivity index (χ0) is 14.1. The Morgan fingerprint density at radius 3 is 2.80 bits per heavy atom. The Hall–Kier alpha value is -1.80. The van der Waals surface area contributed by atoms with E-state index in [9.17, 15) is 4.79 Å². The third-order valence-electron chi connectivity index (χ3n) is 3.78. The largest absolute Gasteiger partial charge is 0.350 e. The SMILES string of the molecule is N#CC1CCN(C(=O)c2cc3ccc(Br)cc3[nH]2)CC1. The second-order valence-corrected chi connectivity index (χ2v) is 6.03. The van der Waals surface area contributed by atoms with Crippen molar-refractivity contribution in [2.24, 2.45) is 5.92 Å². The molecule has 1 fully saturated rings. The molecule has 20 heavy (non-hydrogen) atoms. The third-order valence-corrected chi connectivity index (χ3v) is 4.27. The number of H-pyrrole nitrogens is 1. The molecular formula is C15H14BrN3O. The lowest BCUT2D eigenvalue weighted by atomic mass is 9.98. The summed E-state index contributed by atoms with van der Waals surface area (Å²) in [5, 5.41) is 9.92. The van der Waals surface area contributed by atoms with Crippen molar-refractivity contribution >= 4 is 32.7 Å². The number of hydrogen-bond donors (Lipinski definition) is 1. The molecule has 2 aromatic rings. The lowest BCUT2D eigenvalue weighted by Crippen LogP contribution is -2.38. The van der Waals surface area contributed by atoms with Crippen LogP contribution >= 0.6 is 15.9 Å². The number of halogens is 1. The number of rotatable bonds is 1. The first-order valence-electron chi connectivity index (χ1n) is 6.64. The van der Waals surface area contributed by atoms with Crippen LogP contribution in [0.1, 0.15) is 23.3 Å². The van der Waals surface area contributed by atoms with Crippen molar-refractivity contribution in [2.45, 2.75) is 12.8 Å². The van der Waals surface area contributed by atoms with E-state index in [1.807, 2.05) is 29.2 Å². The maximum Gasteiger partial charge on any atom is 0.270 e. The molecule has 1 amide bonds. The summed E-state index contributed by atoms with van der Waals surface area (Å²) in [5.41, 5.74) is 1.57. The van der Waals surface area contributed by atoms with Crippen molar-refractivity contribution in [1.29, 1.82) is 5.26 Å². The number of benzene rings is 1. The van der Waals surface area contributed by atoms with E-state index in [2.05, 4.69) is 27.0 Å². The number of aromatic amines is 1. The maximum atomic E-state index is 12.4. The fourth-order valence-electron chi connectivity index (χ4n) is 2.60. The van der Waals surface area contributed by atoms with E-state index < -0.39 is 0 Å². The number of carbonyl (C=O) groups excluding carboxylic acids is 1. The molecule has 0 saturated carbocycles. The minimum absolute atomic E-state index is 0.0220. The van der Waals surface area contributed by atoms with Gasteiger partial charge in [0, 0.05) is 34.4 Å². The Morgan fingerprint density at radius 2 is 2.10 bits per heavy atom. The predicted molar refractivity (Wildman–Crippen MR) is 80.2 cm³/mol. The van der Waals surface area contributed by atoms with Crippen molar-refractivity contribution in [3.05, 3.63) is 34.4 Å². The number of carbonyl (C=O) groups is 1.